The van der Waals surface area contributed by atoms with E-state index in [1.54, 1.807) is 28.3 Å². The third-order valence-corrected chi connectivity index (χ3v) is 5.97. The maximum absolute atomic E-state index is 12.3. The summed E-state index contributed by atoms with van der Waals surface area (Å²) < 4.78 is 1.80. The number of anilines is 1. The average molecular weight is 442 g/mol. The van der Waals surface area contributed by atoms with Crippen molar-refractivity contribution >= 4 is 46.3 Å². The Morgan fingerprint density at radius 2 is 2.07 bits per heavy atom. The largest absolute Gasteiger partial charge is 0.325 e. The van der Waals surface area contributed by atoms with Crippen molar-refractivity contribution in [2.24, 2.45) is 0 Å². The summed E-state index contributed by atoms with van der Waals surface area (Å²) in [5.74, 6) is 0.0969. The van der Waals surface area contributed by atoms with Crippen molar-refractivity contribution < 1.29 is 4.79 Å². The summed E-state index contributed by atoms with van der Waals surface area (Å²) in [4.78, 5) is 16.8. The van der Waals surface area contributed by atoms with Crippen molar-refractivity contribution in [3.05, 3.63) is 70.3 Å². The van der Waals surface area contributed by atoms with E-state index < -0.39 is 0 Å². The van der Waals surface area contributed by atoms with Crippen LogP contribution in [0.5, 0.6) is 0 Å². The van der Waals surface area contributed by atoms with Crippen molar-refractivity contribution in [1.82, 2.24) is 19.7 Å². The minimum Gasteiger partial charge on any atom is -0.325 e. The van der Waals surface area contributed by atoms with Gasteiger partial charge in [0, 0.05) is 21.7 Å². The van der Waals surface area contributed by atoms with Crippen LogP contribution >= 0.6 is 34.7 Å². The first-order valence-electron chi connectivity index (χ1n) is 8.70. The van der Waals surface area contributed by atoms with Crippen LogP contribution in [0.3, 0.4) is 0 Å². The van der Waals surface area contributed by atoms with Crippen molar-refractivity contribution in [3.8, 4) is 16.9 Å². The standard InChI is InChI=1S/C20H16ClN5OS2/c1-13-23-18(10-28-13)14-5-7-16(8-6-14)24-19(27)11-29-20-25-22-12-26(20)17-4-2-3-15(21)9-17/h2-10,12H,11H2,1H3,(H,24,27). The Morgan fingerprint density at radius 3 is 2.79 bits per heavy atom. The van der Waals surface area contributed by atoms with Gasteiger partial charge in [-0.25, -0.2) is 4.98 Å². The third-order valence-electron chi connectivity index (χ3n) is 4.02. The molecule has 1 N–H and O–H groups in total. The lowest BCUT2D eigenvalue weighted by Crippen LogP contribution is -2.14. The van der Waals surface area contributed by atoms with Crippen molar-refractivity contribution in [3.63, 3.8) is 0 Å². The molecule has 6 nitrogen and oxygen atoms in total. The van der Waals surface area contributed by atoms with Crippen LogP contribution in [0, 0.1) is 6.92 Å². The molecule has 0 saturated heterocycles. The lowest BCUT2D eigenvalue weighted by molar-refractivity contribution is -0.113. The molecule has 0 aliphatic rings. The molecular weight excluding hydrogens is 426 g/mol. The Kier molecular flexibility index (Phi) is 5.94. The van der Waals surface area contributed by atoms with Gasteiger partial charge in [-0.2, -0.15) is 0 Å². The van der Waals surface area contributed by atoms with Crippen LogP contribution in [0.25, 0.3) is 16.9 Å². The normalized spacial score (nSPS) is 10.8. The lowest BCUT2D eigenvalue weighted by Gasteiger charge is -2.08. The number of benzene rings is 2. The summed E-state index contributed by atoms with van der Waals surface area (Å²) in [5, 5.41) is 15.2. The summed E-state index contributed by atoms with van der Waals surface area (Å²) in [6.45, 7) is 1.98. The molecule has 0 spiro atoms. The summed E-state index contributed by atoms with van der Waals surface area (Å²) in [5.41, 5.74) is 3.55. The Bertz CT molecular complexity index is 1140. The third kappa shape index (κ3) is 4.84. The smallest absolute Gasteiger partial charge is 0.234 e. The number of hydrogen-bond acceptors (Lipinski definition) is 6. The van der Waals surface area contributed by atoms with Gasteiger partial charge < -0.3 is 5.32 Å². The number of hydrogen-bond donors (Lipinski definition) is 1. The molecule has 0 bridgehead atoms. The van der Waals surface area contributed by atoms with E-state index in [4.69, 9.17) is 11.6 Å². The van der Waals surface area contributed by atoms with E-state index in [-0.39, 0.29) is 11.7 Å². The number of halogens is 1. The monoisotopic (exact) mass is 441 g/mol. The van der Waals surface area contributed by atoms with Gasteiger partial charge in [-0.05, 0) is 37.3 Å². The van der Waals surface area contributed by atoms with E-state index in [1.165, 1.54) is 11.8 Å². The number of carbonyl (C=O) groups is 1. The molecule has 0 aliphatic carbocycles. The average Bonchev–Trinajstić information content (AvgIpc) is 3.36. The molecule has 0 unspecified atom stereocenters. The number of carbonyl (C=O) groups excluding carboxylic acids is 1. The fourth-order valence-electron chi connectivity index (χ4n) is 2.67. The van der Waals surface area contributed by atoms with Crippen LogP contribution in [-0.2, 0) is 4.79 Å². The zero-order chi connectivity index (χ0) is 20.2. The van der Waals surface area contributed by atoms with E-state index in [2.05, 4.69) is 20.5 Å². The summed E-state index contributed by atoms with van der Waals surface area (Å²) in [6, 6.07) is 15.0. The molecule has 9 heteroatoms. The SMILES string of the molecule is Cc1nc(-c2ccc(NC(=O)CSc3nncn3-c3cccc(Cl)c3)cc2)cs1. The molecule has 0 saturated carbocycles. The molecule has 2 aromatic heterocycles. The van der Waals surface area contributed by atoms with Gasteiger partial charge in [0.25, 0.3) is 0 Å². The second kappa shape index (κ2) is 8.77. The zero-order valence-electron chi connectivity index (χ0n) is 15.4. The van der Waals surface area contributed by atoms with Crippen LogP contribution in [0.2, 0.25) is 5.02 Å². The highest BCUT2D eigenvalue weighted by molar-refractivity contribution is 7.99. The van der Waals surface area contributed by atoms with Gasteiger partial charge in [0.2, 0.25) is 5.91 Å². The number of nitrogens with zero attached hydrogens (tertiary/aromatic N) is 4. The predicted octanol–water partition coefficient (Wildman–Crippen LogP) is 5.08. The predicted molar refractivity (Wildman–Crippen MR) is 118 cm³/mol. The Labute approximate surface area is 181 Å². The number of thioether (sulfide) groups is 1. The molecule has 4 aromatic rings. The van der Waals surface area contributed by atoms with Gasteiger partial charge in [0.1, 0.15) is 6.33 Å². The van der Waals surface area contributed by atoms with E-state index in [0.29, 0.717) is 10.2 Å². The molecule has 0 atom stereocenters. The number of aromatic nitrogens is 4. The molecule has 29 heavy (non-hydrogen) atoms. The molecule has 0 aliphatic heterocycles. The quantitative estimate of drug-likeness (QED) is 0.422. The minimum atomic E-state index is -0.118. The molecule has 0 fully saturated rings. The molecule has 2 aromatic carbocycles. The second-order valence-electron chi connectivity index (χ2n) is 6.13. The van der Waals surface area contributed by atoms with Gasteiger partial charge in [-0.3, -0.25) is 9.36 Å². The maximum Gasteiger partial charge on any atom is 0.234 e. The lowest BCUT2D eigenvalue weighted by atomic mass is 10.1. The summed E-state index contributed by atoms with van der Waals surface area (Å²) in [6.07, 6.45) is 1.60. The molecule has 1 amide bonds. The van der Waals surface area contributed by atoms with Crippen LogP contribution in [0.4, 0.5) is 5.69 Å². The fourth-order valence-corrected chi connectivity index (χ4v) is 4.21. The van der Waals surface area contributed by atoms with E-state index >= 15 is 0 Å². The van der Waals surface area contributed by atoms with Gasteiger partial charge in [-0.1, -0.05) is 41.6 Å². The number of thiazole rings is 1. The van der Waals surface area contributed by atoms with Crippen molar-refractivity contribution in [1.29, 1.82) is 0 Å². The van der Waals surface area contributed by atoms with Gasteiger partial charge in [0.05, 0.1) is 22.1 Å². The number of nitrogens with one attached hydrogen (secondary N) is 1. The van der Waals surface area contributed by atoms with E-state index in [0.717, 1.165) is 27.6 Å². The van der Waals surface area contributed by atoms with Gasteiger partial charge >= 0.3 is 0 Å². The van der Waals surface area contributed by atoms with E-state index in [9.17, 15) is 4.79 Å². The Hall–Kier alpha value is -2.68. The Balaban J connectivity index is 1.37. The minimum absolute atomic E-state index is 0.118. The van der Waals surface area contributed by atoms with Crippen LogP contribution in [-0.4, -0.2) is 31.4 Å². The Morgan fingerprint density at radius 1 is 1.24 bits per heavy atom. The first kappa shape index (κ1) is 19.6. The topological polar surface area (TPSA) is 72.7 Å². The molecule has 4 rings (SSSR count). The molecule has 0 radical (unpaired) electrons. The highest BCUT2D eigenvalue weighted by Gasteiger charge is 2.11. The van der Waals surface area contributed by atoms with Crippen LogP contribution in [0.15, 0.2) is 65.4 Å². The summed E-state index contributed by atoms with van der Waals surface area (Å²) >= 11 is 8.98. The molecule has 146 valence electrons. The first-order valence-corrected chi connectivity index (χ1v) is 10.9. The van der Waals surface area contributed by atoms with Crippen LogP contribution < -0.4 is 5.32 Å². The fraction of sp³-hybridized carbons (Fsp3) is 0.100. The first-order chi connectivity index (χ1) is 14.1. The highest BCUT2D eigenvalue weighted by atomic mass is 35.5. The maximum atomic E-state index is 12.3. The highest BCUT2D eigenvalue weighted by Crippen LogP contribution is 2.24. The van der Waals surface area contributed by atoms with E-state index in [1.807, 2.05) is 54.8 Å². The number of rotatable bonds is 6. The number of aryl methyl sites for hydroxylation is 1. The molecular formula is C20H16ClN5OS2. The summed E-state index contributed by atoms with van der Waals surface area (Å²) in [7, 11) is 0. The van der Waals surface area contributed by atoms with Gasteiger partial charge in [-0.15, -0.1) is 21.5 Å². The van der Waals surface area contributed by atoms with Gasteiger partial charge in [0.15, 0.2) is 5.16 Å². The zero-order valence-corrected chi connectivity index (χ0v) is 17.8. The number of amides is 1. The second-order valence-corrected chi connectivity index (χ2v) is 8.57. The van der Waals surface area contributed by atoms with Crippen LogP contribution in [0.1, 0.15) is 5.01 Å². The van der Waals surface area contributed by atoms with Crippen molar-refractivity contribution in [2.75, 3.05) is 11.1 Å². The molecule has 2 heterocycles. The van der Waals surface area contributed by atoms with Crippen molar-refractivity contribution in [2.45, 2.75) is 12.1 Å².